The molecule has 21 heavy (non-hydrogen) atoms. The highest BCUT2D eigenvalue weighted by Gasteiger charge is 2.04. The monoisotopic (exact) mass is 358 g/mol. The fraction of sp³-hybridized carbons (Fsp3) is 0. The van der Waals surface area contributed by atoms with Gasteiger partial charge in [-0.1, -0.05) is 24.4 Å². The van der Waals surface area contributed by atoms with Gasteiger partial charge in [-0.3, -0.25) is 9.97 Å². The fourth-order valence-corrected chi connectivity index (χ4v) is 2.47. The van der Waals surface area contributed by atoms with Crippen molar-refractivity contribution in [3.63, 3.8) is 0 Å². The number of nitrogens with two attached hydrogens (primary N) is 1. The molecule has 0 atom stereocenters. The maximum absolute atomic E-state index is 5.54. The molecule has 0 amide bonds. The quantitative estimate of drug-likeness (QED) is 0.697. The van der Waals surface area contributed by atoms with E-state index in [1.165, 1.54) is 0 Å². The minimum absolute atomic E-state index is 0.290. The third kappa shape index (κ3) is 3.01. The average molecular weight is 359 g/mol. The number of fused-ring (bicyclic) bond motifs is 1. The number of pyridine rings is 2. The Kier molecular flexibility index (Phi) is 3.81. The van der Waals surface area contributed by atoms with Crippen LogP contribution in [0.25, 0.3) is 10.9 Å². The van der Waals surface area contributed by atoms with E-state index >= 15 is 0 Å². The first-order valence-electron chi connectivity index (χ1n) is 6.20. The summed E-state index contributed by atoms with van der Waals surface area (Å²) in [7, 11) is 0. The SMILES string of the molecule is NC(=S)c1ccc(Nc2cccc3cc(Br)cnc23)cn1. The zero-order valence-corrected chi connectivity index (χ0v) is 13.3. The Morgan fingerprint density at radius 3 is 2.71 bits per heavy atom. The van der Waals surface area contributed by atoms with Crippen molar-refractivity contribution in [1.29, 1.82) is 0 Å². The number of rotatable bonds is 3. The maximum Gasteiger partial charge on any atom is 0.122 e. The highest BCUT2D eigenvalue weighted by molar-refractivity contribution is 9.10. The van der Waals surface area contributed by atoms with E-state index in [1.807, 2.05) is 30.3 Å². The van der Waals surface area contributed by atoms with Gasteiger partial charge in [0.1, 0.15) is 4.99 Å². The van der Waals surface area contributed by atoms with E-state index in [9.17, 15) is 0 Å². The lowest BCUT2D eigenvalue weighted by Gasteiger charge is -2.09. The first kappa shape index (κ1) is 13.9. The molecule has 3 N–H and O–H groups in total. The van der Waals surface area contributed by atoms with Gasteiger partial charge < -0.3 is 11.1 Å². The van der Waals surface area contributed by atoms with Crippen molar-refractivity contribution in [2.24, 2.45) is 5.73 Å². The van der Waals surface area contributed by atoms with Crippen molar-refractivity contribution < 1.29 is 0 Å². The molecule has 2 heterocycles. The average Bonchev–Trinajstić information content (AvgIpc) is 2.47. The fourth-order valence-electron chi connectivity index (χ4n) is 2.00. The number of thiocarbonyl (C=S) groups is 1. The van der Waals surface area contributed by atoms with Crippen LogP contribution in [0.1, 0.15) is 5.69 Å². The Balaban J connectivity index is 1.96. The predicted octanol–water partition coefficient (Wildman–Crippen LogP) is 3.77. The first-order valence-corrected chi connectivity index (χ1v) is 7.41. The highest BCUT2D eigenvalue weighted by Crippen LogP contribution is 2.26. The molecule has 0 saturated carbocycles. The zero-order valence-electron chi connectivity index (χ0n) is 10.9. The van der Waals surface area contributed by atoms with Crippen LogP contribution in [0, 0.1) is 0 Å². The summed E-state index contributed by atoms with van der Waals surface area (Å²) in [5.41, 5.74) is 8.82. The van der Waals surface area contributed by atoms with Crippen molar-refractivity contribution in [1.82, 2.24) is 9.97 Å². The molecule has 0 radical (unpaired) electrons. The summed E-state index contributed by atoms with van der Waals surface area (Å²) in [5, 5.41) is 4.37. The molecule has 0 aliphatic heterocycles. The van der Waals surface area contributed by atoms with E-state index in [0.29, 0.717) is 10.7 Å². The second-order valence-electron chi connectivity index (χ2n) is 4.45. The van der Waals surface area contributed by atoms with Gasteiger partial charge in [0, 0.05) is 16.1 Å². The van der Waals surface area contributed by atoms with Gasteiger partial charge in [0.2, 0.25) is 0 Å². The van der Waals surface area contributed by atoms with Crippen LogP contribution in [0.4, 0.5) is 11.4 Å². The van der Waals surface area contributed by atoms with E-state index in [4.69, 9.17) is 18.0 Å². The van der Waals surface area contributed by atoms with Crippen molar-refractivity contribution in [3.05, 3.63) is 59.0 Å². The lowest BCUT2D eigenvalue weighted by atomic mass is 10.2. The van der Waals surface area contributed by atoms with Gasteiger partial charge in [-0.05, 0) is 40.2 Å². The first-order chi connectivity index (χ1) is 10.1. The normalized spacial score (nSPS) is 10.5. The molecule has 0 spiro atoms. The number of anilines is 2. The van der Waals surface area contributed by atoms with Crippen LogP contribution in [0.15, 0.2) is 53.3 Å². The summed E-state index contributed by atoms with van der Waals surface area (Å²) in [6.07, 6.45) is 3.48. The molecule has 0 aliphatic carbocycles. The Hall–Kier alpha value is -2.05. The van der Waals surface area contributed by atoms with Gasteiger partial charge in [-0.25, -0.2) is 0 Å². The van der Waals surface area contributed by atoms with Crippen LogP contribution in [0.3, 0.4) is 0 Å². The van der Waals surface area contributed by atoms with Crippen LogP contribution >= 0.6 is 28.1 Å². The summed E-state index contributed by atoms with van der Waals surface area (Å²) in [6.45, 7) is 0. The van der Waals surface area contributed by atoms with Gasteiger partial charge in [0.25, 0.3) is 0 Å². The van der Waals surface area contributed by atoms with Crippen molar-refractivity contribution in [3.8, 4) is 0 Å². The third-order valence-corrected chi connectivity index (χ3v) is 3.62. The molecule has 0 bridgehead atoms. The van der Waals surface area contributed by atoms with E-state index in [-0.39, 0.29) is 0 Å². The summed E-state index contributed by atoms with van der Waals surface area (Å²) < 4.78 is 0.953. The van der Waals surface area contributed by atoms with Gasteiger partial charge in [0.15, 0.2) is 0 Å². The summed E-state index contributed by atoms with van der Waals surface area (Å²) in [6, 6.07) is 11.7. The number of hydrogen-bond donors (Lipinski definition) is 2. The van der Waals surface area contributed by atoms with E-state index < -0.39 is 0 Å². The summed E-state index contributed by atoms with van der Waals surface area (Å²) >= 11 is 8.32. The highest BCUT2D eigenvalue weighted by atomic mass is 79.9. The number of nitrogens with one attached hydrogen (secondary N) is 1. The van der Waals surface area contributed by atoms with Gasteiger partial charge in [0.05, 0.1) is 28.8 Å². The summed E-state index contributed by atoms with van der Waals surface area (Å²) in [5.74, 6) is 0. The Bertz CT molecular complexity index is 818. The number of benzene rings is 1. The molecule has 3 rings (SSSR count). The number of halogens is 1. The molecule has 1 aromatic carbocycles. The molecule has 0 saturated heterocycles. The Morgan fingerprint density at radius 1 is 1.14 bits per heavy atom. The third-order valence-electron chi connectivity index (χ3n) is 2.97. The molecular formula is C15H11BrN4S. The van der Waals surface area contributed by atoms with E-state index in [1.54, 1.807) is 18.5 Å². The Labute approximate surface area is 135 Å². The van der Waals surface area contributed by atoms with Crippen LogP contribution < -0.4 is 11.1 Å². The number of para-hydroxylation sites is 1. The minimum atomic E-state index is 0.290. The van der Waals surface area contributed by atoms with Crippen LogP contribution in [0.5, 0.6) is 0 Å². The number of nitrogens with zero attached hydrogens (tertiary/aromatic N) is 2. The molecular weight excluding hydrogens is 348 g/mol. The van der Waals surface area contributed by atoms with Gasteiger partial charge >= 0.3 is 0 Å². The van der Waals surface area contributed by atoms with E-state index in [2.05, 4.69) is 31.2 Å². The molecule has 4 nitrogen and oxygen atoms in total. The smallest absolute Gasteiger partial charge is 0.122 e. The number of hydrogen-bond acceptors (Lipinski definition) is 4. The van der Waals surface area contributed by atoms with Crippen molar-refractivity contribution in [2.45, 2.75) is 0 Å². The predicted molar refractivity (Wildman–Crippen MR) is 92.9 cm³/mol. The maximum atomic E-state index is 5.54. The zero-order chi connectivity index (χ0) is 14.8. The number of aromatic nitrogens is 2. The lowest BCUT2D eigenvalue weighted by Crippen LogP contribution is -2.11. The molecule has 2 aromatic heterocycles. The molecule has 0 fully saturated rings. The summed E-state index contributed by atoms with van der Waals surface area (Å²) in [4.78, 5) is 8.95. The standard InChI is InChI=1S/C15H11BrN4S/c16-10-6-9-2-1-3-12(14(9)19-7-10)20-11-4-5-13(15(17)21)18-8-11/h1-8,20H,(H2,17,21). The van der Waals surface area contributed by atoms with Crippen LogP contribution in [0.2, 0.25) is 0 Å². The topological polar surface area (TPSA) is 63.8 Å². The van der Waals surface area contributed by atoms with Crippen LogP contribution in [-0.4, -0.2) is 15.0 Å². The Morgan fingerprint density at radius 2 is 2.00 bits per heavy atom. The minimum Gasteiger partial charge on any atom is -0.388 e. The van der Waals surface area contributed by atoms with Gasteiger partial charge in [-0.15, -0.1) is 0 Å². The van der Waals surface area contributed by atoms with Crippen LogP contribution in [-0.2, 0) is 0 Å². The van der Waals surface area contributed by atoms with E-state index in [0.717, 1.165) is 26.8 Å². The lowest BCUT2D eigenvalue weighted by molar-refractivity contribution is 1.29. The molecule has 0 aliphatic rings. The van der Waals surface area contributed by atoms with Crippen molar-refractivity contribution in [2.75, 3.05) is 5.32 Å². The van der Waals surface area contributed by atoms with Crippen molar-refractivity contribution >= 4 is 55.4 Å². The van der Waals surface area contributed by atoms with Gasteiger partial charge in [-0.2, -0.15) is 0 Å². The second-order valence-corrected chi connectivity index (χ2v) is 5.81. The molecule has 3 aromatic rings. The molecule has 6 heteroatoms. The largest absolute Gasteiger partial charge is 0.388 e. The second kappa shape index (κ2) is 5.75. The molecule has 104 valence electrons. The molecule has 0 unspecified atom stereocenters.